The molecule has 37 heavy (non-hydrogen) atoms. The third-order valence-electron chi connectivity index (χ3n) is 8.02. The lowest BCUT2D eigenvalue weighted by Gasteiger charge is -2.39. The van der Waals surface area contributed by atoms with Gasteiger partial charge in [-0.05, 0) is 44.0 Å². The van der Waals surface area contributed by atoms with Gasteiger partial charge in [-0.2, -0.15) is 4.98 Å². The van der Waals surface area contributed by atoms with Gasteiger partial charge in [-0.1, -0.05) is 12.8 Å². The summed E-state index contributed by atoms with van der Waals surface area (Å²) in [7, 11) is 3.58. The van der Waals surface area contributed by atoms with Gasteiger partial charge in [0.1, 0.15) is 17.2 Å². The highest BCUT2D eigenvalue weighted by molar-refractivity contribution is 5.97. The zero-order valence-electron chi connectivity index (χ0n) is 21.9. The number of hydrogen-bond acceptors (Lipinski definition) is 8. The van der Waals surface area contributed by atoms with Crippen molar-refractivity contribution in [2.75, 3.05) is 63.6 Å². The number of amides is 1. The van der Waals surface area contributed by atoms with Crippen LogP contribution < -0.4 is 15.5 Å². The average molecular weight is 504 g/mol. The largest absolute Gasteiger partial charge is 0.368 e. The first-order valence-corrected chi connectivity index (χ1v) is 13.6. The van der Waals surface area contributed by atoms with Crippen LogP contribution in [-0.2, 0) is 0 Å². The van der Waals surface area contributed by atoms with E-state index in [9.17, 15) is 4.79 Å². The van der Waals surface area contributed by atoms with Crippen molar-refractivity contribution in [3.63, 3.8) is 0 Å². The topological polar surface area (TPSA) is 94.5 Å². The summed E-state index contributed by atoms with van der Waals surface area (Å²) in [6, 6.07) is 7.01. The highest BCUT2D eigenvalue weighted by Crippen LogP contribution is 2.35. The molecule has 1 atom stereocenters. The lowest BCUT2D eigenvalue weighted by atomic mass is 10.1. The summed E-state index contributed by atoms with van der Waals surface area (Å²) in [5.74, 6) is 1.20. The van der Waals surface area contributed by atoms with Crippen LogP contribution in [0.25, 0.3) is 11.0 Å². The fraction of sp³-hybridized carbons (Fsp3) is 0.556. The smallest absolute Gasteiger partial charge is 0.270 e. The molecular weight excluding hydrogens is 466 g/mol. The SMILES string of the molecule is CN(C)C(=O)c1cc2cnc(Nc3ccc(N4CCN(C[C@@H]5CCN5)CC4)cn3)nc2n1C1CCCC1. The van der Waals surface area contributed by atoms with E-state index in [4.69, 9.17) is 4.98 Å². The number of nitrogens with zero attached hydrogens (tertiary/aromatic N) is 7. The molecule has 1 saturated carbocycles. The highest BCUT2D eigenvalue weighted by atomic mass is 16.2. The van der Waals surface area contributed by atoms with E-state index in [-0.39, 0.29) is 5.91 Å². The summed E-state index contributed by atoms with van der Waals surface area (Å²) < 4.78 is 2.13. The minimum absolute atomic E-state index is 0.00259. The molecule has 2 saturated heterocycles. The molecule has 3 fully saturated rings. The number of aromatic nitrogens is 4. The molecule has 1 aliphatic carbocycles. The number of fused-ring (bicyclic) bond motifs is 1. The lowest BCUT2D eigenvalue weighted by Crippen LogP contribution is -2.54. The fourth-order valence-electron chi connectivity index (χ4n) is 5.76. The van der Waals surface area contributed by atoms with Crippen LogP contribution in [-0.4, -0.2) is 94.6 Å². The summed E-state index contributed by atoms with van der Waals surface area (Å²) in [6.45, 7) is 6.55. The van der Waals surface area contributed by atoms with Gasteiger partial charge in [0.2, 0.25) is 5.95 Å². The van der Waals surface area contributed by atoms with Gasteiger partial charge in [-0.25, -0.2) is 9.97 Å². The number of piperazine rings is 1. The number of pyridine rings is 1. The number of carbonyl (C=O) groups is 1. The fourth-order valence-corrected chi connectivity index (χ4v) is 5.76. The van der Waals surface area contributed by atoms with Gasteiger partial charge in [0.25, 0.3) is 5.91 Å². The first kappa shape index (κ1) is 24.1. The molecular formula is C27H37N9O. The molecule has 2 aliphatic heterocycles. The van der Waals surface area contributed by atoms with Gasteiger partial charge in [0.15, 0.2) is 0 Å². The maximum Gasteiger partial charge on any atom is 0.270 e. The van der Waals surface area contributed by atoms with E-state index >= 15 is 0 Å². The minimum atomic E-state index is -0.00259. The summed E-state index contributed by atoms with van der Waals surface area (Å²) in [5.41, 5.74) is 2.64. The summed E-state index contributed by atoms with van der Waals surface area (Å²) in [6.07, 6.45) is 9.53. The maximum absolute atomic E-state index is 12.9. The van der Waals surface area contributed by atoms with Crippen LogP contribution in [0, 0.1) is 0 Å². The molecule has 10 nitrogen and oxygen atoms in total. The van der Waals surface area contributed by atoms with Crippen LogP contribution >= 0.6 is 0 Å². The van der Waals surface area contributed by atoms with Crippen LogP contribution in [0.2, 0.25) is 0 Å². The van der Waals surface area contributed by atoms with Crippen LogP contribution in [0.3, 0.4) is 0 Å². The van der Waals surface area contributed by atoms with Crippen LogP contribution in [0.1, 0.15) is 48.6 Å². The third kappa shape index (κ3) is 5.00. The molecule has 0 unspecified atom stereocenters. The number of carbonyl (C=O) groups excluding carboxylic acids is 1. The van der Waals surface area contributed by atoms with Crippen molar-refractivity contribution in [2.45, 2.75) is 44.2 Å². The zero-order valence-corrected chi connectivity index (χ0v) is 21.9. The molecule has 3 aromatic heterocycles. The average Bonchev–Trinajstić information content (AvgIpc) is 3.54. The van der Waals surface area contributed by atoms with Crippen molar-refractivity contribution in [2.24, 2.45) is 0 Å². The Balaban J connectivity index is 1.16. The van der Waals surface area contributed by atoms with E-state index in [2.05, 4.69) is 41.0 Å². The van der Waals surface area contributed by atoms with Gasteiger partial charge in [-0.15, -0.1) is 0 Å². The summed E-state index contributed by atoms with van der Waals surface area (Å²) in [4.78, 5) is 33.5. The second-order valence-corrected chi connectivity index (χ2v) is 10.8. The molecule has 0 bridgehead atoms. The van der Waals surface area contributed by atoms with Crippen molar-refractivity contribution in [3.05, 3.63) is 36.3 Å². The van der Waals surface area contributed by atoms with E-state index in [0.717, 1.165) is 62.3 Å². The van der Waals surface area contributed by atoms with Gasteiger partial charge in [-0.3, -0.25) is 9.69 Å². The lowest BCUT2D eigenvalue weighted by molar-refractivity contribution is 0.0815. The normalized spacial score (nSPS) is 20.8. The Morgan fingerprint density at radius 2 is 1.86 bits per heavy atom. The van der Waals surface area contributed by atoms with E-state index in [1.54, 1.807) is 25.2 Å². The first-order valence-electron chi connectivity index (χ1n) is 13.6. The zero-order chi connectivity index (χ0) is 25.4. The second kappa shape index (κ2) is 10.3. The van der Waals surface area contributed by atoms with E-state index in [1.165, 1.54) is 25.8 Å². The van der Waals surface area contributed by atoms with Crippen molar-refractivity contribution in [3.8, 4) is 0 Å². The molecule has 5 heterocycles. The van der Waals surface area contributed by atoms with Gasteiger partial charge >= 0.3 is 0 Å². The van der Waals surface area contributed by atoms with Crippen LogP contribution in [0.5, 0.6) is 0 Å². The summed E-state index contributed by atoms with van der Waals surface area (Å²) in [5, 5.41) is 7.66. The number of anilines is 3. The first-order chi connectivity index (χ1) is 18.0. The van der Waals surface area contributed by atoms with E-state index < -0.39 is 0 Å². The maximum atomic E-state index is 12.9. The Hall–Kier alpha value is -3.24. The molecule has 3 aromatic rings. The van der Waals surface area contributed by atoms with Crippen LogP contribution in [0.4, 0.5) is 17.5 Å². The second-order valence-electron chi connectivity index (χ2n) is 10.8. The molecule has 6 rings (SSSR count). The quantitative estimate of drug-likeness (QED) is 0.508. The van der Waals surface area contributed by atoms with Gasteiger partial charge in [0, 0.05) is 70.5 Å². The van der Waals surface area contributed by atoms with Gasteiger partial charge < -0.3 is 25.0 Å². The molecule has 0 spiro atoms. The Morgan fingerprint density at radius 3 is 2.51 bits per heavy atom. The van der Waals surface area contributed by atoms with Crippen LogP contribution in [0.15, 0.2) is 30.6 Å². The van der Waals surface area contributed by atoms with Crippen molar-refractivity contribution >= 4 is 34.4 Å². The molecule has 0 radical (unpaired) electrons. The highest BCUT2D eigenvalue weighted by Gasteiger charge is 2.27. The van der Waals surface area contributed by atoms with E-state index in [1.807, 2.05) is 18.3 Å². The number of rotatable bonds is 7. The Morgan fingerprint density at radius 1 is 1.08 bits per heavy atom. The number of hydrogen-bond donors (Lipinski definition) is 2. The predicted octanol–water partition coefficient (Wildman–Crippen LogP) is 2.87. The van der Waals surface area contributed by atoms with E-state index in [0.29, 0.717) is 29.5 Å². The minimum Gasteiger partial charge on any atom is -0.368 e. The Labute approximate surface area is 218 Å². The molecule has 1 amide bonds. The van der Waals surface area contributed by atoms with Crippen molar-refractivity contribution in [1.29, 1.82) is 0 Å². The monoisotopic (exact) mass is 503 g/mol. The number of nitrogens with one attached hydrogen (secondary N) is 2. The Bertz CT molecular complexity index is 1240. The van der Waals surface area contributed by atoms with Gasteiger partial charge in [0.05, 0.1) is 11.9 Å². The Kier molecular flexibility index (Phi) is 6.69. The molecule has 196 valence electrons. The summed E-state index contributed by atoms with van der Waals surface area (Å²) >= 11 is 0. The molecule has 0 aromatic carbocycles. The molecule has 2 N–H and O–H groups in total. The standard InChI is InChI=1S/C27H37N9O/c1-33(2)26(37)23-15-19-16-30-27(32-25(19)36(23)21-5-3-4-6-21)31-24-8-7-22(17-29-24)35-13-11-34(12-14-35)18-20-9-10-28-20/h7-8,15-17,20-21,28H,3-6,9-14,18H2,1-2H3,(H,29,30,31,32)/t20-/m0/s1. The molecule has 3 aliphatic rings. The predicted molar refractivity (Wildman–Crippen MR) is 146 cm³/mol. The van der Waals surface area contributed by atoms with Crippen molar-refractivity contribution in [1.82, 2.24) is 34.6 Å². The van der Waals surface area contributed by atoms with Crippen molar-refractivity contribution < 1.29 is 4.79 Å². The molecule has 10 heteroatoms. The third-order valence-corrected chi connectivity index (χ3v) is 8.02.